The van der Waals surface area contributed by atoms with Gasteiger partial charge in [-0.05, 0) is 15.9 Å². The van der Waals surface area contributed by atoms with Crippen molar-refractivity contribution in [2.75, 3.05) is 5.33 Å². The van der Waals surface area contributed by atoms with Gasteiger partial charge < -0.3 is 4.74 Å². The van der Waals surface area contributed by atoms with Crippen molar-refractivity contribution >= 4 is 37.8 Å². The second kappa shape index (κ2) is 6.68. The van der Waals surface area contributed by atoms with Crippen LogP contribution in [0.15, 0.2) is 0 Å². The van der Waals surface area contributed by atoms with E-state index in [2.05, 4.69) is 43.7 Å². The quantitative estimate of drug-likeness (QED) is 0.441. The molecule has 0 aliphatic carbocycles. The summed E-state index contributed by atoms with van der Waals surface area (Å²) in [5.74, 6) is 5.32. The number of ether oxygens (including phenoxy) is 1. The summed E-state index contributed by atoms with van der Waals surface area (Å²) in [6.45, 7) is 1.37. The van der Waals surface area contributed by atoms with E-state index in [-0.39, 0.29) is 11.0 Å². The Balaban J connectivity index is 3.52. The van der Waals surface area contributed by atoms with E-state index in [1.165, 1.54) is 6.92 Å². The lowest BCUT2D eigenvalue weighted by atomic mass is 10.4. The fourth-order valence-electron chi connectivity index (χ4n) is 0.421. The van der Waals surface area contributed by atoms with Crippen molar-refractivity contribution in [2.45, 2.75) is 18.4 Å². The van der Waals surface area contributed by atoms with Gasteiger partial charge in [0.15, 0.2) is 5.01 Å². The van der Waals surface area contributed by atoms with Gasteiger partial charge in [-0.3, -0.25) is 4.79 Å². The third-order valence-corrected chi connectivity index (χ3v) is 1.54. The van der Waals surface area contributed by atoms with Crippen LogP contribution >= 0.6 is 31.9 Å². The van der Waals surface area contributed by atoms with Crippen molar-refractivity contribution in [3.63, 3.8) is 0 Å². The van der Waals surface area contributed by atoms with Crippen LogP contribution in [0.25, 0.3) is 0 Å². The van der Waals surface area contributed by atoms with E-state index in [9.17, 15) is 4.79 Å². The molecule has 0 fully saturated rings. The smallest absolute Gasteiger partial charge is 0.303 e. The molecule has 0 saturated carbocycles. The van der Waals surface area contributed by atoms with Gasteiger partial charge in [0.1, 0.15) is 0 Å². The molecular weight excluding hydrogens is 276 g/mol. The van der Waals surface area contributed by atoms with Crippen molar-refractivity contribution in [2.24, 2.45) is 0 Å². The SMILES string of the molecule is CC(=O)OC(Br)CC#CCBr. The lowest BCUT2D eigenvalue weighted by Gasteiger charge is -2.04. The highest BCUT2D eigenvalue weighted by Crippen LogP contribution is 2.05. The van der Waals surface area contributed by atoms with Crippen LogP contribution in [0, 0.1) is 11.8 Å². The molecule has 0 aromatic heterocycles. The Kier molecular flexibility index (Phi) is 6.68. The van der Waals surface area contributed by atoms with Gasteiger partial charge in [0.2, 0.25) is 0 Å². The number of rotatable bonds is 2. The van der Waals surface area contributed by atoms with Crippen LogP contribution in [0.4, 0.5) is 0 Å². The predicted octanol–water partition coefficient (Wildman–Crippen LogP) is 2.06. The zero-order chi connectivity index (χ0) is 8.69. The molecule has 0 heterocycles. The molecular formula is C7H8Br2O2. The molecule has 1 atom stereocenters. The minimum atomic E-state index is -0.299. The van der Waals surface area contributed by atoms with Crippen molar-refractivity contribution in [3.8, 4) is 11.8 Å². The Morgan fingerprint density at radius 1 is 1.64 bits per heavy atom. The standard InChI is InChI=1S/C7H8Br2O2/c1-6(10)11-7(9)4-2-3-5-8/h7H,4-5H2,1H3. The molecule has 0 saturated heterocycles. The number of esters is 1. The summed E-state index contributed by atoms with van der Waals surface area (Å²) in [6.07, 6.45) is 0.519. The maximum Gasteiger partial charge on any atom is 0.303 e. The molecule has 0 amide bonds. The number of hydrogen-bond donors (Lipinski definition) is 0. The Labute approximate surface area is 82.9 Å². The number of carbonyl (C=O) groups is 1. The van der Waals surface area contributed by atoms with E-state index in [1.54, 1.807) is 0 Å². The third-order valence-electron chi connectivity index (χ3n) is 0.748. The summed E-state index contributed by atoms with van der Waals surface area (Å²) in [5.41, 5.74) is 0. The van der Waals surface area contributed by atoms with Crippen molar-refractivity contribution in [1.29, 1.82) is 0 Å². The molecule has 4 heteroatoms. The highest BCUT2D eigenvalue weighted by atomic mass is 79.9. The van der Waals surface area contributed by atoms with Gasteiger partial charge in [-0.2, -0.15) is 0 Å². The molecule has 62 valence electrons. The van der Waals surface area contributed by atoms with Crippen molar-refractivity contribution in [3.05, 3.63) is 0 Å². The molecule has 0 aliphatic rings. The van der Waals surface area contributed by atoms with Crippen LogP contribution in [-0.4, -0.2) is 16.3 Å². The predicted molar refractivity (Wildman–Crippen MR) is 50.7 cm³/mol. The average molecular weight is 284 g/mol. The summed E-state index contributed by atoms with van der Waals surface area (Å²) in [6, 6.07) is 0. The van der Waals surface area contributed by atoms with Gasteiger partial charge >= 0.3 is 5.97 Å². The number of halogens is 2. The molecule has 2 nitrogen and oxygen atoms in total. The summed E-state index contributed by atoms with van der Waals surface area (Å²) >= 11 is 6.30. The Morgan fingerprint density at radius 3 is 2.73 bits per heavy atom. The van der Waals surface area contributed by atoms with E-state index < -0.39 is 0 Å². The molecule has 0 rings (SSSR count). The Morgan fingerprint density at radius 2 is 2.27 bits per heavy atom. The summed E-state index contributed by atoms with van der Waals surface area (Å²) < 4.78 is 4.76. The van der Waals surface area contributed by atoms with E-state index >= 15 is 0 Å². The monoisotopic (exact) mass is 282 g/mol. The zero-order valence-electron chi connectivity index (χ0n) is 6.06. The molecule has 0 aromatic rings. The van der Waals surface area contributed by atoms with Crippen LogP contribution in [0.5, 0.6) is 0 Å². The van der Waals surface area contributed by atoms with Gasteiger partial charge in [0, 0.05) is 6.92 Å². The van der Waals surface area contributed by atoms with E-state index in [0.717, 1.165) is 0 Å². The third kappa shape index (κ3) is 7.89. The van der Waals surface area contributed by atoms with Crippen molar-refractivity contribution in [1.82, 2.24) is 0 Å². The molecule has 0 radical (unpaired) electrons. The first-order valence-electron chi connectivity index (χ1n) is 2.99. The highest BCUT2D eigenvalue weighted by Gasteiger charge is 2.03. The van der Waals surface area contributed by atoms with Crippen LogP contribution in [-0.2, 0) is 9.53 Å². The van der Waals surface area contributed by atoms with Gasteiger partial charge in [-0.25, -0.2) is 0 Å². The van der Waals surface area contributed by atoms with Gasteiger partial charge in [-0.1, -0.05) is 27.8 Å². The summed E-state index contributed by atoms with van der Waals surface area (Å²) in [7, 11) is 0. The molecule has 0 aromatic carbocycles. The first-order valence-corrected chi connectivity index (χ1v) is 5.03. The summed E-state index contributed by atoms with van der Waals surface area (Å²) in [4.78, 5) is 10.4. The van der Waals surface area contributed by atoms with E-state index in [1.807, 2.05) is 0 Å². The maximum absolute atomic E-state index is 10.4. The Bertz CT molecular complexity index is 181. The average Bonchev–Trinajstić information content (AvgIpc) is 1.86. The van der Waals surface area contributed by atoms with Gasteiger partial charge in [0.05, 0.1) is 11.8 Å². The zero-order valence-corrected chi connectivity index (χ0v) is 9.24. The molecule has 0 N–H and O–H groups in total. The van der Waals surface area contributed by atoms with Crippen LogP contribution in [0.3, 0.4) is 0 Å². The lowest BCUT2D eigenvalue weighted by Crippen LogP contribution is -2.07. The second-order valence-electron chi connectivity index (χ2n) is 1.71. The minimum Gasteiger partial charge on any atom is -0.450 e. The summed E-state index contributed by atoms with van der Waals surface area (Å²) in [5, 5.41) is 0.360. The maximum atomic E-state index is 10.4. The first kappa shape index (κ1) is 11.0. The van der Waals surface area contributed by atoms with E-state index in [0.29, 0.717) is 11.8 Å². The molecule has 11 heavy (non-hydrogen) atoms. The lowest BCUT2D eigenvalue weighted by molar-refractivity contribution is -0.141. The minimum absolute atomic E-state index is 0.286. The fraction of sp³-hybridized carbons (Fsp3) is 0.571. The van der Waals surface area contributed by atoms with Crippen LogP contribution in [0.1, 0.15) is 13.3 Å². The number of alkyl halides is 2. The number of carbonyl (C=O) groups excluding carboxylic acids is 1. The van der Waals surface area contributed by atoms with Gasteiger partial charge in [-0.15, -0.1) is 0 Å². The van der Waals surface area contributed by atoms with Gasteiger partial charge in [0.25, 0.3) is 0 Å². The van der Waals surface area contributed by atoms with Crippen LogP contribution in [0.2, 0.25) is 0 Å². The number of hydrogen-bond acceptors (Lipinski definition) is 2. The second-order valence-corrected chi connectivity index (χ2v) is 3.29. The topological polar surface area (TPSA) is 26.3 Å². The normalized spacial score (nSPS) is 11.2. The Hall–Kier alpha value is -0.0100. The molecule has 0 aliphatic heterocycles. The van der Waals surface area contributed by atoms with E-state index in [4.69, 9.17) is 4.74 Å². The first-order chi connectivity index (χ1) is 5.16. The fourth-order valence-corrected chi connectivity index (χ4v) is 1.04. The molecule has 0 bridgehead atoms. The largest absolute Gasteiger partial charge is 0.450 e. The molecule has 1 unspecified atom stereocenters. The van der Waals surface area contributed by atoms with Crippen LogP contribution < -0.4 is 0 Å². The van der Waals surface area contributed by atoms with Crippen molar-refractivity contribution < 1.29 is 9.53 Å². The molecule has 0 spiro atoms. The highest BCUT2D eigenvalue weighted by molar-refractivity contribution is 9.09.